The van der Waals surface area contributed by atoms with E-state index in [1.165, 1.54) is 11.1 Å². The van der Waals surface area contributed by atoms with Crippen molar-refractivity contribution in [3.63, 3.8) is 0 Å². The lowest BCUT2D eigenvalue weighted by Gasteiger charge is -2.07. The van der Waals surface area contributed by atoms with Crippen LogP contribution in [0.5, 0.6) is 0 Å². The molecule has 0 unspecified atom stereocenters. The zero-order valence-corrected chi connectivity index (χ0v) is 13.1. The summed E-state index contributed by atoms with van der Waals surface area (Å²) in [7, 11) is 0. The highest BCUT2D eigenvalue weighted by molar-refractivity contribution is 6.29. The van der Waals surface area contributed by atoms with Gasteiger partial charge >= 0.3 is 0 Å². The minimum absolute atomic E-state index is 0.467. The van der Waals surface area contributed by atoms with E-state index in [9.17, 15) is 0 Å². The molecule has 3 rings (SSSR count). The van der Waals surface area contributed by atoms with Gasteiger partial charge in [0.25, 0.3) is 0 Å². The Hall–Kier alpha value is -1.94. The Morgan fingerprint density at radius 3 is 2.62 bits per heavy atom. The van der Waals surface area contributed by atoms with Crippen LogP contribution < -0.4 is 0 Å². The first-order chi connectivity index (χ1) is 10.1. The van der Waals surface area contributed by atoms with E-state index in [1.807, 2.05) is 4.57 Å². The Morgan fingerprint density at radius 1 is 1.10 bits per heavy atom. The molecule has 0 amide bonds. The zero-order chi connectivity index (χ0) is 15.0. The van der Waals surface area contributed by atoms with Gasteiger partial charge in [0.2, 0.25) is 0 Å². The molecule has 21 heavy (non-hydrogen) atoms. The highest BCUT2D eigenvalue weighted by Gasteiger charge is 2.10. The summed E-state index contributed by atoms with van der Waals surface area (Å²) in [6.45, 7) is 6.29. The topological polar surface area (TPSA) is 43.6 Å². The Bertz CT molecular complexity index is 807. The van der Waals surface area contributed by atoms with Crippen LogP contribution in [0, 0.1) is 13.8 Å². The van der Waals surface area contributed by atoms with Crippen LogP contribution in [0.3, 0.4) is 0 Å². The molecule has 0 saturated heterocycles. The second-order valence-corrected chi connectivity index (χ2v) is 5.64. The smallest absolute Gasteiger partial charge is 0.143 e. The second-order valence-electron chi connectivity index (χ2n) is 5.25. The summed E-state index contributed by atoms with van der Waals surface area (Å²) in [5, 5.41) is 0.467. The second kappa shape index (κ2) is 5.45. The van der Waals surface area contributed by atoms with Gasteiger partial charge in [0.15, 0.2) is 0 Å². The molecule has 108 valence electrons. The van der Waals surface area contributed by atoms with Crippen LogP contribution >= 0.6 is 11.6 Å². The van der Waals surface area contributed by atoms with E-state index in [-0.39, 0.29) is 0 Å². The van der Waals surface area contributed by atoms with Gasteiger partial charge in [0.1, 0.15) is 23.1 Å². The molecule has 4 nitrogen and oxygen atoms in total. The molecule has 0 fully saturated rings. The van der Waals surface area contributed by atoms with E-state index in [2.05, 4.69) is 47.9 Å². The highest BCUT2D eigenvalue weighted by atomic mass is 35.5. The summed E-state index contributed by atoms with van der Waals surface area (Å²) < 4.78 is 1.97. The maximum Gasteiger partial charge on any atom is 0.143 e. The first kappa shape index (κ1) is 14.0. The number of fused-ring (bicyclic) bond motifs is 1. The molecular weight excluding hydrogens is 284 g/mol. The Labute approximate surface area is 128 Å². The number of halogens is 1. The molecule has 2 heterocycles. The first-order valence-electron chi connectivity index (χ1n) is 7.06. The lowest BCUT2D eigenvalue weighted by atomic mass is 10.1. The van der Waals surface area contributed by atoms with Crippen LogP contribution in [0.2, 0.25) is 5.15 Å². The van der Waals surface area contributed by atoms with E-state index >= 15 is 0 Å². The number of hydrogen-bond donors (Lipinski definition) is 0. The van der Waals surface area contributed by atoms with Crippen LogP contribution in [0.1, 0.15) is 30.3 Å². The molecule has 0 aliphatic carbocycles. The van der Waals surface area contributed by atoms with Gasteiger partial charge in [-0.2, -0.15) is 0 Å². The molecule has 0 spiro atoms. The average molecular weight is 301 g/mol. The molecular formula is C16H17ClN4. The van der Waals surface area contributed by atoms with Gasteiger partial charge in [0.05, 0.1) is 11.0 Å². The third kappa shape index (κ3) is 2.63. The van der Waals surface area contributed by atoms with Crippen molar-refractivity contribution in [1.29, 1.82) is 0 Å². The molecule has 0 bridgehead atoms. The Balaban J connectivity index is 2.18. The molecule has 2 aromatic heterocycles. The Kier molecular flexibility index (Phi) is 3.64. The number of imidazole rings is 1. The third-order valence-corrected chi connectivity index (χ3v) is 3.80. The van der Waals surface area contributed by atoms with Crippen molar-refractivity contribution < 1.29 is 0 Å². The molecule has 0 aliphatic heterocycles. The minimum atomic E-state index is 0.467. The number of hydrogen-bond acceptors (Lipinski definition) is 3. The number of rotatable bonds is 3. The fourth-order valence-electron chi connectivity index (χ4n) is 2.36. The third-order valence-electron chi connectivity index (χ3n) is 3.61. The van der Waals surface area contributed by atoms with Crippen LogP contribution in [0.25, 0.3) is 16.9 Å². The van der Waals surface area contributed by atoms with Crippen molar-refractivity contribution in [2.45, 2.75) is 33.6 Å². The van der Waals surface area contributed by atoms with Crippen molar-refractivity contribution in [1.82, 2.24) is 19.5 Å². The molecule has 0 atom stereocenters. The van der Waals surface area contributed by atoms with E-state index < -0.39 is 0 Å². The Morgan fingerprint density at radius 2 is 1.86 bits per heavy atom. The average Bonchev–Trinajstić information content (AvgIpc) is 2.82. The zero-order valence-electron chi connectivity index (χ0n) is 12.4. The first-order valence-corrected chi connectivity index (χ1v) is 7.44. The molecule has 0 N–H and O–H groups in total. The predicted octanol–water partition coefficient (Wildman–Crippen LogP) is 4.04. The van der Waals surface area contributed by atoms with Crippen molar-refractivity contribution in [3.8, 4) is 5.82 Å². The lowest BCUT2D eigenvalue weighted by Crippen LogP contribution is -2.02. The molecule has 1 aromatic carbocycles. The number of aryl methyl sites for hydroxylation is 3. The van der Waals surface area contributed by atoms with Crippen LogP contribution in [0.15, 0.2) is 24.5 Å². The highest BCUT2D eigenvalue weighted by Crippen LogP contribution is 2.22. The van der Waals surface area contributed by atoms with Crippen molar-refractivity contribution in [2.24, 2.45) is 0 Å². The normalized spacial score (nSPS) is 11.2. The van der Waals surface area contributed by atoms with Crippen LogP contribution in [-0.2, 0) is 6.42 Å². The number of aromatic nitrogens is 4. The summed E-state index contributed by atoms with van der Waals surface area (Å²) in [6, 6.07) is 6.00. The summed E-state index contributed by atoms with van der Waals surface area (Å²) in [5.41, 5.74) is 4.47. The molecule has 3 aromatic rings. The quantitative estimate of drug-likeness (QED) is 0.686. The molecule has 0 saturated carbocycles. The van der Waals surface area contributed by atoms with Gasteiger partial charge in [0, 0.05) is 12.5 Å². The van der Waals surface area contributed by atoms with Gasteiger partial charge in [-0.25, -0.2) is 15.0 Å². The van der Waals surface area contributed by atoms with E-state index in [1.54, 1.807) is 12.4 Å². The van der Waals surface area contributed by atoms with Gasteiger partial charge in [-0.05, 0) is 43.5 Å². The van der Waals surface area contributed by atoms with E-state index in [0.717, 1.165) is 35.5 Å². The fourth-order valence-corrected chi connectivity index (χ4v) is 2.55. The van der Waals surface area contributed by atoms with Crippen molar-refractivity contribution in [3.05, 3.63) is 46.6 Å². The summed E-state index contributed by atoms with van der Waals surface area (Å²) in [5.74, 6) is 1.54. The molecule has 0 aliphatic rings. The van der Waals surface area contributed by atoms with Crippen molar-refractivity contribution in [2.75, 3.05) is 0 Å². The van der Waals surface area contributed by atoms with E-state index in [4.69, 9.17) is 11.6 Å². The maximum atomic E-state index is 6.13. The maximum absolute atomic E-state index is 6.13. The summed E-state index contributed by atoms with van der Waals surface area (Å²) in [4.78, 5) is 13.3. The summed E-state index contributed by atoms with van der Waals surface area (Å²) in [6.07, 6.45) is 3.60. The minimum Gasteiger partial charge on any atom is -0.283 e. The number of nitrogens with zero attached hydrogens (tertiary/aromatic N) is 4. The largest absolute Gasteiger partial charge is 0.283 e. The monoisotopic (exact) mass is 300 g/mol. The van der Waals surface area contributed by atoms with Gasteiger partial charge in [-0.3, -0.25) is 4.57 Å². The molecule has 5 heteroatoms. The standard InChI is InChI=1S/C16H17ClN4/c1-4-5-15-19-14(17)8-16(20-15)21-9-18-12-6-10(2)11(3)7-13(12)21/h6-9H,4-5H2,1-3H3. The SMILES string of the molecule is CCCc1nc(Cl)cc(-n2cnc3cc(C)c(C)cc32)n1. The van der Waals surface area contributed by atoms with Gasteiger partial charge < -0.3 is 0 Å². The van der Waals surface area contributed by atoms with Gasteiger partial charge in [-0.15, -0.1) is 0 Å². The fraction of sp³-hybridized carbons (Fsp3) is 0.312. The molecule has 0 radical (unpaired) electrons. The van der Waals surface area contributed by atoms with Gasteiger partial charge in [-0.1, -0.05) is 18.5 Å². The van der Waals surface area contributed by atoms with Crippen LogP contribution in [-0.4, -0.2) is 19.5 Å². The van der Waals surface area contributed by atoms with Crippen LogP contribution in [0.4, 0.5) is 0 Å². The lowest BCUT2D eigenvalue weighted by molar-refractivity contribution is 0.820. The number of benzene rings is 1. The van der Waals surface area contributed by atoms with Crippen molar-refractivity contribution >= 4 is 22.6 Å². The van der Waals surface area contributed by atoms with E-state index in [0.29, 0.717) is 5.15 Å². The predicted molar refractivity (Wildman–Crippen MR) is 85.1 cm³/mol. The summed E-state index contributed by atoms with van der Waals surface area (Å²) >= 11 is 6.13.